The number of Topliss-reactive ketones (excluding diaryl/α,β-unsaturated/α-hetero) is 1. The van der Waals surface area contributed by atoms with Gasteiger partial charge in [0.25, 0.3) is 0 Å². The molecule has 0 aliphatic carbocycles. The van der Waals surface area contributed by atoms with Gasteiger partial charge in [0.1, 0.15) is 11.2 Å². The van der Waals surface area contributed by atoms with Crippen LogP contribution < -0.4 is 10.6 Å². The van der Waals surface area contributed by atoms with Crippen molar-refractivity contribution in [2.75, 3.05) is 38.1 Å². The third-order valence-corrected chi connectivity index (χ3v) is 7.42. The lowest BCUT2D eigenvalue weighted by Gasteiger charge is -2.27. The molecule has 0 aromatic carbocycles. The highest BCUT2D eigenvalue weighted by atomic mass is 32.2. The monoisotopic (exact) mass is 433 g/mol. The van der Waals surface area contributed by atoms with Gasteiger partial charge in [-0.2, -0.15) is 4.39 Å². The molecule has 0 saturated carbocycles. The molecule has 1 saturated heterocycles. The number of thioether (sulfide) groups is 1. The first-order chi connectivity index (χ1) is 14.0. The van der Waals surface area contributed by atoms with Crippen molar-refractivity contribution in [2.24, 2.45) is 5.73 Å². The van der Waals surface area contributed by atoms with E-state index in [1.54, 1.807) is 0 Å². The number of nitrogens with two attached hydrogens (primary N) is 1. The van der Waals surface area contributed by atoms with Gasteiger partial charge in [0, 0.05) is 55.9 Å². The van der Waals surface area contributed by atoms with Crippen LogP contribution in [0, 0.1) is 5.95 Å². The number of allylic oxidation sites excluding steroid dienone is 1. The largest absolute Gasteiger partial charge is 0.403 e. The third-order valence-electron chi connectivity index (χ3n) is 5.69. The summed E-state index contributed by atoms with van der Waals surface area (Å²) in [6.45, 7) is 2.70. The predicted octanol–water partition coefficient (Wildman–Crippen LogP) is 2.78. The molecule has 9 heteroatoms. The zero-order chi connectivity index (χ0) is 20.5. The van der Waals surface area contributed by atoms with Gasteiger partial charge >= 0.3 is 0 Å². The Balaban J connectivity index is 1.54. The van der Waals surface area contributed by atoms with E-state index < -0.39 is 5.95 Å². The average Bonchev–Trinajstić information content (AvgIpc) is 3.32. The molecule has 6 nitrogen and oxygen atoms in total. The molecule has 1 aromatic heterocycles. The Labute approximate surface area is 179 Å². The van der Waals surface area contributed by atoms with Crippen molar-refractivity contribution in [2.45, 2.75) is 24.6 Å². The van der Waals surface area contributed by atoms with Gasteiger partial charge in [0.05, 0.1) is 17.1 Å². The fourth-order valence-corrected chi connectivity index (χ4v) is 5.71. The van der Waals surface area contributed by atoms with E-state index in [1.807, 2.05) is 29.0 Å². The Morgan fingerprint density at radius 3 is 2.76 bits per heavy atom. The number of carbonyl (C=O) groups is 1. The molecule has 3 aliphatic rings. The van der Waals surface area contributed by atoms with E-state index in [9.17, 15) is 9.18 Å². The molecule has 29 heavy (non-hydrogen) atoms. The Morgan fingerprint density at radius 1 is 1.34 bits per heavy atom. The van der Waals surface area contributed by atoms with Crippen LogP contribution in [0.5, 0.6) is 0 Å². The topological polar surface area (TPSA) is 65.7 Å². The Bertz CT molecular complexity index is 897. The highest BCUT2D eigenvalue weighted by Crippen LogP contribution is 2.49. The van der Waals surface area contributed by atoms with E-state index in [-0.39, 0.29) is 17.7 Å². The quantitative estimate of drug-likeness (QED) is 0.442. The molecule has 2 N–H and O–H groups in total. The highest BCUT2D eigenvalue weighted by Gasteiger charge is 2.38. The van der Waals surface area contributed by atoms with E-state index >= 15 is 0 Å². The van der Waals surface area contributed by atoms with Crippen molar-refractivity contribution in [3.8, 4) is 0 Å². The van der Waals surface area contributed by atoms with Gasteiger partial charge in [-0.3, -0.25) is 4.79 Å². The molecule has 154 valence electrons. The number of pyridine rings is 1. The van der Waals surface area contributed by atoms with Gasteiger partial charge in [-0.15, -0.1) is 0 Å². The van der Waals surface area contributed by atoms with E-state index in [1.165, 1.54) is 23.3 Å². The number of anilines is 1. The number of hydrogen-bond acceptors (Lipinski definition) is 8. The van der Waals surface area contributed by atoms with E-state index in [4.69, 9.17) is 18.0 Å². The number of carbonyl (C=O) groups excluding carboxylic acids is 1. The summed E-state index contributed by atoms with van der Waals surface area (Å²) in [6.07, 6.45) is 4.33. The van der Waals surface area contributed by atoms with Crippen molar-refractivity contribution in [3.05, 3.63) is 46.1 Å². The molecule has 3 aliphatic heterocycles. The van der Waals surface area contributed by atoms with Crippen LogP contribution in [0.2, 0.25) is 0 Å². The van der Waals surface area contributed by atoms with Crippen molar-refractivity contribution < 1.29 is 9.18 Å². The first kappa shape index (κ1) is 20.2. The van der Waals surface area contributed by atoms with Crippen molar-refractivity contribution >= 4 is 40.9 Å². The van der Waals surface area contributed by atoms with E-state index in [0.717, 1.165) is 31.6 Å². The molecule has 4 rings (SSSR count). The highest BCUT2D eigenvalue weighted by molar-refractivity contribution is 8.04. The number of ketones is 1. The van der Waals surface area contributed by atoms with E-state index in [0.29, 0.717) is 34.9 Å². The molecule has 1 unspecified atom stereocenters. The van der Waals surface area contributed by atoms with Crippen LogP contribution in [0.25, 0.3) is 0 Å². The van der Waals surface area contributed by atoms with Gasteiger partial charge in [-0.05, 0) is 25.0 Å². The zero-order valence-electron chi connectivity index (χ0n) is 16.3. The summed E-state index contributed by atoms with van der Waals surface area (Å²) >= 11 is 6.41. The summed E-state index contributed by atoms with van der Waals surface area (Å²) in [5, 5.41) is 1.21. The normalized spacial score (nSPS) is 23.0. The Kier molecular flexibility index (Phi) is 5.78. The maximum Gasteiger partial charge on any atom is 0.220 e. The number of nitrogens with zero attached hydrogens (tertiary/aromatic N) is 4. The van der Waals surface area contributed by atoms with Crippen molar-refractivity contribution in [3.63, 3.8) is 0 Å². The van der Waals surface area contributed by atoms with Crippen LogP contribution in [-0.4, -0.2) is 59.2 Å². The SMILES string of the molecule is CN1C2=C(SC1c1ccc(N3CCCC3)nc1F)C(=O)CN(/C(C=S)=C/N)CC2. The molecule has 0 spiro atoms. The van der Waals surface area contributed by atoms with Crippen LogP contribution in [0.4, 0.5) is 10.2 Å². The molecule has 0 bridgehead atoms. The average molecular weight is 434 g/mol. The van der Waals surface area contributed by atoms with Crippen LogP contribution in [0.3, 0.4) is 0 Å². The lowest BCUT2D eigenvalue weighted by molar-refractivity contribution is -0.115. The minimum atomic E-state index is -0.459. The molecular formula is C20H24FN5OS2. The first-order valence-corrected chi connectivity index (χ1v) is 11.1. The number of aromatic nitrogens is 1. The van der Waals surface area contributed by atoms with Gasteiger partial charge in [0.15, 0.2) is 5.78 Å². The lowest BCUT2D eigenvalue weighted by atomic mass is 10.2. The van der Waals surface area contributed by atoms with Gasteiger partial charge in [0.2, 0.25) is 5.95 Å². The lowest BCUT2D eigenvalue weighted by Crippen LogP contribution is -2.30. The van der Waals surface area contributed by atoms with Gasteiger partial charge in [-0.1, -0.05) is 24.0 Å². The molecule has 0 radical (unpaired) electrons. The molecule has 1 aromatic rings. The molecule has 1 fully saturated rings. The Hall–Kier alpha value is -2.13. The first-order valence-electron chi connectivity index (χ1n) is 9.72. The maximum absolute atomic E-state index is 14.9. The summed E-state index contributed by atoms with van der Waals surface area (Å²) in [6, 6.07) is 3.71. The van der Waals surface area contributed by atoms with Crippen LogP contribution in [0.1, 0.15) is 30.2 Å². The smallest absolute Gasteiger partial charge is 0.220 e. The van der Waals surface area contributed by atoms with Crippen LogP contribution in [0.15, 0.2) is 34.6 Å². The predicted molar refractivity (Wildman–Crippen MR) is 118 cm³/mol. The zero-order valence-corrected chi connectivity index (χ0v) is 17.9. The fourth-order valence-electron chi connectivity index (χ4n) is 4.10. The van der Waals surface area contributed by atoms with Gasteiger partial charge in [-0.25, -0.2) is 4.98 Å². The second-order valence-corrected chi connectivity index (χ2v) is 8.73. The third kappa shape index (κ3) is 3.73. The molecular weight excluding hydrogens is 409 g/mol. The van der Waals surface area contributed by atoms with Crippen LogP contribution >= 0.6 is 24.0 Å². The van der Waals surface area contributed by atoms with Crippen molar-refractivity contribution in [1.82, 2.24) is 14.8 Å². The fraction of sp³-hybridized carbons (Fsp3) is 0.450. The summed E-state index contributed by atoms with van der Waals surface area (Å²) in [5.74, 6) is 0.242. The maximum atomic E-state index is 14.9. The minimum absolute atomic E-state index is 0.00936. The standard InChI is InChI=1S/C20H24FN5OS2/c1-24-15-6-9-26(13(10-22)12-28)11-16(27)18(15)29-20(24)14-4-5-17(23-19(14)21)25-7-2-3-8-25/h4-5,10,12,20H,2-3,6-9,11,22H2,1H3/b13-10+. The number of hydrogen-bond donors (Lipinski definition) is 1. The summed E-state index contributed by atoms with van der Waals surface area (Å²) in [4.78, 5) is 23.8. The van der Waals surface area contributed by atoms with Crippen molar-refractivity contribution in [1.29, 1.82) is 0 Å². The number of thiocarbonyl (C=S) groups is 1. The number of halogens is 1. The summed E-state index contributed by atoms with van der Waals surface area (Å²) in [7, 11) is 1.91. The van der Waals surface area contributed by atoms with Gasteiger partial charge < -0.3 is 20.4 Å². The Morgan fingerprint density at radius 2 is 2.10 bits per heavy atom. The van der Waals surface area contributed by atoms with E-state index in [2.05, 4.69) is 9.88 Å². The molecule has 0 amide bonds. The van der Waals surface area contributed by atoms with Crippen LogP contribution in [-0.2, 0) is 4.79 Å². The molecule has 1 atom stereocenters. The second-order valence-electron chi connectivity index (χ2n) is 7.40. The molecule has 4 heterocycles. The number of rotatable bonds is 4. The summed E-state index contributed by atoms with van der Waals surface area (Å²) in [5.41, 5.74) is 7.76. The minimum Gasteiger partial charge on any atom is -0.403 e. The second kappa shape index (κ2) is 8.31. The summed E-state index contributed by atoms with van der Waals surface area (Å²) < 4.78 is 14.9.